The first-order chi connectivity index (χ1) is 8.83. The first kappa shape index (κ1) is 13.3. The number of hydrogen-bond acceptors (Lipinski definition) is 3. The molecule has 2 aromatic rings. The number of benzene rings is 1. The summed E-state index contributed by atoms with van der Waals surface area (Å²) in [5.74, 6) is 0. The minimum Gasteiger partial charge on any atom is -0.396 e. The number of rotatable bonds is 6. The van der Waals surface area contributed by atoms with Crippen LogP contribution in [-0.4, -0.2) is 23.2 Å². The highest BCUT2D eigenvalue weighted by Crippen LogP contribution is 2.24. The van der Waals surface area contributed by atoms with Gasteiger partial charge in [0.05, 0.1) is 5.52 Å². The lowest BCUT2D eigenvalue weighted by Gasteiger charge is -2.08. The van der Waals surface area contributed by atoms with Crippen molar-refractivity contribution < 1.29 is 5.11 Å². The summed E-state index contributed by atoms with van der Waals surface area (Å²) in [7, 11) is 0. The quantitative estimate of drug-likeness (QED) is 0.789. The lowest BCUT2D eigenvalue weighted by atomic mass is 10.1. The van der Waals surface area contributed by atoms with Crippen LogP contribution in [0.3, 0.4) is 0 Å². The largest absolute Gasteiger partial charge is 0.396 e. The third-order valence-electron chi connectivity index (χ3n) is 2.88. The number of nitrogens with zero attached hydrogens (tertiary/aromatic N) is 1. The van der Waals surface area contributed by atoms with Crippen LogP contribution in [0.15, 0.2) is 30.5 Å². The van der Waals surface area contributed by atoms with Gasteiger partial charge in [-0.05, 0) is 43.1 Å². The Balaban J connectivity index is 2.07. The zero-order valence-corrected chi connectivity index (χ0v) is 11.0. The molecule has 3 nitrogen and oxygen atoms in total. The number of unbranched alkanes of at least 4 members (excludes halogenated alkanes) is 1. The lowest BCUT2D eigenvalue weighted by Crippen LogP contribution is -2.15. The van der Waals surface area contributed by atoms with E-state index in [1.54, 1.807) is 6.20 Å². The van der Waals surface area contributed by atoms with Gasteiger partial charge in [0.25, 0.3) is 0 Å². The molecule has 0 bridgehead atoms. The number of aliphatic hydroxyl groups excluding tert-OH is 1. The predicted molar refractivity (Wildman–Crippen MR) is 74.8 cm³/mol. The topological polar surface area (TPSA) is 45.1 Å². The SMILES string of the molecule is OCCCCNCc1ccc(Cl)c2cccnc12. The van der Waals surface area contributed by atoms with Gasteiger partial charge in [0.15, 0.2) is 0 Å². The summed E-state index contributed by atoms with van der Waals surface area (Å²) in [6, 6.07) is 7.81. The molecule has 1 aromatic heterocycles. The molecule has 0 aliphatic rings. The Labute approximate surface area is 112 Å². The molecule has 0 saturated carbocycles. The summed E-state index contributed by atoms with van der Waals surface area (Å²) in [5.41, 5.74) is 2.11. The maximum absolute atomic E-state index is 8.70. The summed E-state index contributed by atoms with van der Waals surface area (Å²) < 4.78 is 0. The normalized spacial score (nSPS) is 11.0. The molecule has 0 unspecified atom stereocenters. The molecule has 0 aliphatic heterocycles. The Morgan fingerprint density at radius 2 is 2.11 bits per heavy atom. The van der Waals surface area contributed by atoms with Crippen LogP contribution in [0.5, 0.6) is 0 Å². The van der Waals surface area contributed by atoms with E-state index in [-0.39, 0.29) is 6.61 Å². The molecule has 0 atom stereocenters. The average Bonchev–Trinajstić information content (AvgIpc) is 2.41. The van der Waals surface area contributed by atoms with E-state index in [4.69, 9.17) is 16.7 Å². The number of halogens is 1. The van der Waals surface area contributed by atoms with Crippen molar-refractivity contribution in [3.05, 3.63) is 41.0 Å². The molecular weight excluding hydrogens is 248 g/mol. The molecule has 0 aliphatic carbocycles. The highest BCUT2D eigenvalue weighted by Gasteiger charge is 2.04. The molecule has 96 valence electrons. The van der Waals surface area contributed by atoms with Gasteiger partial charge in [-0.2, -0.15) is 0 Å². The minimum absolute atomic E-state index is 0.257. The standard InChI is InChI=1S/C14H17ClN2O/c15-13-6-5-11(10-16-7-1-2-9-18)14-12(13)4-3-8-17-14/h3-6,8,16,18H,1-2,7,9-10H2. The van der Waals surface area contributed by atoms with Crippen molar-refractivity contribution in [1.29, 1.82) is 0 Å². The Morgan fingerprint density at radius 3 is 2.94 bits per heavy atom. The van der Waals surface area contributed by atoms with Crippen molar-refractivity contribution in [3.63, 3.8) is 0 Å². The summed E-state index contributed by atoms with van der Waals surface area (Å²) in [6.07, 6.45) is 3.61. The number of fused-ring (bicyclic) bond motifs is 1. The van der Waals surface area contributed by atoms with Gasteiger partial charge in [0, 0.05) is 29.8 Å². The number of aliphatic hydroxyl groups is 1. The van der Waals surface area contributed by atoms with E-state index in [0.29, 0.717) is 0 Å². The van der Waals surface area contributed by atoms with Crippen LogP contribution in [0.2, 0.25) is 5.02 Å². The molecule has 1 aromatic carbocycles. The highest BCUT2D eigenvalue weighted by atomic mass is 35.5. The van der Waals surface area contributed by atoms with Crippen LogP contribution in [-0.2, 0) is 6.54 Å². The molecule has 18 heavy (non-hydrogen) atoms. The average molecular weight is 265 g/mol. The third-order valence-corrected chi connectivity index (χ3v) is 3.21. The van der Waals surface area contributed by atoms with Gasteiger partial charge in [0.1, 0.15) is 0 Å². The van der Waals surface area contributed by atoms with Gasteiger partial charge in [0.2, 0.25) is 0 Å². The smallest absolute Gasteiger partial charge is 0.0761 e. The molecule has 1 heterocycles. The molecule has 2 rings (SSSR count). The van der Waals surface area contributed by atoms with Gasteiger partial charge in [-0.3, -0.25) is 4.98 Å². The van der Waals surface area contributed by atoms with E-state index < -0.39 is 0 Å². The molecule has 0 saturated heterocycles. The fraction of sp³-hybridized carbons (Fsp3) is 0.357. The molecule has 0 radical (unpaired) electrons. The Kier molecular flexibility index (Phi) is 4.93. The van der Waals surface area contributed by atoms with Crippen molar-refractivity contribution in [2.24, 2.45) is 0 Å². The number of nitrogens with one attached hydrogen (secondary N) is 1. The fourth-order valence-corrected chi connectivity index (χ4v) is 2.14. The van der Waals surface area contributed by atoms with E-state index in [1.807, 2.05) is 24.3 Å². The summed E-state index contributed by atoms with van der Waals surface area (Å²) in [4.78, 5) is 4.39. The molecule has 0 amide bonds. The van der Waals surface area contributed by atoms with Gasteiger partial charge >= 0.3 is 0 Å². The van der Waals surface area contributed by atoms with Gasteiger partial charge < -0.3 is 10.4 Å². The Hall–Kier alpha value is -1.16. The monoisotopic (exact) mass is 264 g/mol. The molecule has 4 heteroatoms. The molecule has 0 spiro atoms. The van der Waals surface area contributed by atoms with Crippen LogP contribution in [0.4, 0.5) is 0 Å². The molecular formula is C14H17ClN2O. The van der Waals surface area contributed by atoms with Crippen molar-refractivity contribution in [1.82, 2.24) is 10.3 Å². The third kappa shape index (κ3) is 3.19. The zero-order valence-electron chi connectivity index (χ0n) is 10.2. The first-order valence-electron chi connectivity index (χ1n) is 6.16. The Bertz CT molecular complexity index is 516. The second kappa shape index (κ2) is 6.69. The minimum atomic E-state index is 0.257. The van der Waals surface area contributed by atoms with E-state index in [1.165, 1.54) is 0 Å². The van der Waals surface area contributed by atoms with E-state index in [2.05, 4.69) is 10.3 Å². The van der Waals surface area contributed by atoms with Crippen molar-refractivity contribution >= 4 is 22.5 Å². The van der Waals surface area contributed by atoms with Crippen LogP contribution in [0.25, 0.3) is 10.9 Å². The maximum Gasteiger partial charge on any atom is 0.0761 e. The van der Waals surface area contributed by atoms with Gasteiger partial charge in [-0.25, -0.2) is 0 Å². The van der Waals surface area contributed by atoms with E-state index >= 15 is 0 Å². The van der Waals surface area contributed by atoms with Crippen molar-refractivity contribution in [2.75, 3.05) is 13.2 Å². The molecule has 2 N–H and O–H groups in total. The van der Waals surface area contributed by atoms with Gasteiger partial charge in [-0.15, -0.1) is 0 Å². The summed E-state index contributed by atoms with van der Waals surface area (Å²) in [6.45, 7) is 1.93. The van der Waals surface area contributed by atoms with Crippen LogP contribution in [0.1, 0.15) is 18.4 Å². The Morgan fingerprint density at radius 1 is 1.22 bits per heavy atom. The number of pyridine rings is 1. The summed E-state index contributed by atoms with van der Waals surface area (Å²) >= 11 is 6.14. The van der Waals surface area contributed by atoms with Crippen LogP contribution < -0.4 is 5.32 Å². The number of aromatic nitrogens is 1. The lowest BCUT2D eigenvalue weighted by molar-refractivity contribution is 0.283. The van der Waals surface area contributed by atoms with Crippen molar-refractivity contribution in [2.45, 2.75) is 19.4 Å². The zero-order chi connectivity index (χ0) is 12.8. The van der Waals surface area contributed by atoms with E-state index in [0.717, 1.165) is 47.4 Å². The second-order valence-corrected chi connectivity index (χ2v) is 4.62. The second-order valence-electron chi connectivity index (χ2n) is 4.21. The van der Waals surface area contributed by atoms with Crippen molar-refractivity contribution in [3.8, 4) is 0 Å². The highest BCUT2D eigenvalue weighted by molar-refractivity contribution is 6.35. The first-order valence-corrected chi connectivity index (χ1v) is 6.54. The fourth-order valence-electron chi connectivity index (χ4n) is 1.92. The van der Waals surface area contributed by atoms with Crippen LogP contribution in [0, 0.1) is 0 Å². The summed E-state index contributed by atoms with van der Waals surface area (Å²) in [5, 5.41) is 13.8. The maximum atomic E-state index is 8.70. The molecule has 0 fully saturated rings. The van der Waals surface area contributed by atoms with Gasteiger partial charge in [-0.1, -0.05) is 17.7 Å². The van der Waals surface area contributed by atoms with E-state index in [9.17, 15) is 0 Å². The number of hydrogen-bond donors (Lipinski definition) is 2. The predicted octanol–water partition coefficient (Wildman–Crippen LogP) is 2.75. The van der Waals surface area contributed by atoms with Crippen LogP contribution >= 0.6 is 11.6 Å².